The Labute approximate surface area is 139 Å². The summed E-state index contributed by atoms with van der Waals surface area (Å²) in [5, 5.41) is 13.4. The quantitative estimate of drug-likeness (QED) is 0.798. The van der Waals surface area contributed by atoms with E-state index in [1.165, 1.54) is 18.4 Å². The normalized spacial score (nSPS) is 10.7. The van der Waals surface area contributed by atoms with Crippen LogP contribution in [-0.2, 0) is 6.42 Å². The molecule has 0 radical (unpaired) electrons. The minimum Gasteiger partial charge on any atom is -0.504 e. The highest BCUT2D eigenvalue weighted by atomic mass is 32.1. The molecule has 0 saturated carbocycles. The van der Waals surface area contributed by atoms with Gasteiger partial charge in [-0.2, -0.15) is 0 Å². The first-order chi connectivity index (χ1) is 11.1. The van der Waals surface area contributed by atoms with E-state index in [2.05, 4.69) is 16.9 Å². The van der Waals surface area contributed by atoms with E-state index in [4.69, 9.17) is 4.74 Å². The Morgan fingerprint density at radius 3 is 2.91 bits per heavy atom. The van der Waals surface area contributed by atoms with Gasteiger partial charge in [-0.1, -0.05) is 12.2 Å². The maximum Gasteiger partial charge on any atom is 0.262 e. The van der Waals surface area contributed by atoms with Crippen molar-refractivity contribution in [2.24, 2.45) is 0 Å². The lowest BCUT2D eigenvalue weighted by Gasteiger charge is -2.09. The second-order valence-corrected chi connectivity index (χ2v) is 5.76. The summed E-state index contributed by atoms with van der Waals surface area (Å²) in [7, 11) is 3.10. The number of amides is 1. The van der Waals surface area contributed by atoms with Crippen molar-refractivity contribution in [3.05, 3.63) is 52.0 Å². The Kier molecular flexibility index (Phi) is 5.54. The number of carbonyl (C=O) groups is 1. The van der Waals surface area contributed by atoms with Crippen molar-refractivity contribution in [1.82, 2.24) is 10.3 Å². The number of allylic oxidation sites excluding steroid dienone is 1. The number of hydrogen-bond donors (Lipinski definition) is 2. The van der Waals surface area contributed by atoms with Gasteiger partial charge in [0, 0.05) is 12.6 Å². The van der Waals surface area contributed by atoms with Crippen LogP contribution in [0.4, 0.5) is 0 Å². The summed E-state index contributed by atoms with van der Waals surface area (Å²) >= 11 is 1.31. The van der Waals surface area contributed by atoms with Crippen molar-refractivity contribution in [3.8, 4) is 11.5 Å². The Hall–Kier alpha value is -2.60. The number of aromatic hydroxyl groups is 1. The number of carbonyl (C=O) groups excluding carboxylic acids is 1. The van der Waals surface area contributed by atoms with Crippen LogP contribution in [0.5, 0.6) is 11.5 Å². The molecule has 120 valence electrons. The molecule has 5 nitrogen and oxygen atoms in total. The van der Waals surface area contributed by atoms with Crippen LogP contribution in [0.1, 0.15) is 25.8 Å². The average molecular weight is 330 g/mol. The van der Waals surface area contributed by atoms with E-state index in [0.717, 1.165) is 16.1 Å². The molecule has 23 heavy (non-hydrogen) atoms. The summed E-state index contributed by atoms with van der Waals surface area (Å²) in [4.78, 5) is 16.3. The van der Waals surface area contributed by atoms with Crippen LogP contribution in [0.15, 0.2) is 31.0 Å². The third kappa shape index (κ3) is 3.98. The number of hydrogen-bond acceptors (Lipinski definition) is 5. The molecule has 0 bridgehead atoms. The van der Waals surface area contributed by atoms with Crippen LogP contribution in [0, 0.1) is 0 Å². The van der Waals surface area contributed by atoms with E-state index in [1.54, 1.807) is 25.4 Å². The Morgan fingerprint density at radius 2 is 2.26 bits per heavy atom. The highest BCUT2D eigenvalue weighted by Gasteiger charge is 2.09. The van der Waals surface area contributed by atoms with Crippen LogP contribution < -0.4 is 10.1 Å². The molecule has 0 aliphatic carbocycles. The monoisotopic (exact) mass is 330 g/mol. The van der Waals surface area contributed by atoms with Crippen LogP contribution >= 0.6 is 11.3 Å². The second-order valence-electron chi connectivity index (χ2n) is 4.70. The van der Waals surface area contributed by atoms with Crippen molar-refractivity contribution >= 4 is 29.4 Å². The second kappa shape index (κ2) is 7.60. The lowest BCUT2D eigenvalue weighted by atomic mass is 10.1. The van der Waals surface area contributed by atoms with Gasteiger partial charge in [-0.05, 0) is 30.2 Å². The molecule has 0 saturated heterocycles. The molecule has 0 fully saturated rings. The van der Waals surface area contributed by atoms with E-state index in [0.29, 0.717) is 17.0 Å². The fraction of sp³-hybridized carbons (Fsp3) is 0.176. The molecule has 0 atom stereocenters. The summed E-state index contributed by atoms with van der Waals surface area (Å²) in [6.07, 6.45) is 7.49. The molecule has 6 heteroatoms. The number of benzene rings is 1. The summed E-state index contributed by atoms with van der Waals surface area (Å²) in [5.74, 6) is 0.386. The maximum absolute atomic E-state index is 11.5. The third-order valence-electron chi connectivity index (χ3n) is 3.15. The molecule has 2 N–H and O–H groups in total. The van der Waals surface area contributed by atoms with Gasteiger partial charge in [0.2, 0.25) is 0 Å². The van der Waals surface area contributed by atoms with Gasteiger partial charge in [0.05, 0.1) is 13.3 Å². The first-order valence-electron chi connectivity index (χ1n) is 6.95. The standard InChI is InChI=1S/C17H18N2O3S/c1-4-5-12-8-11(9-13(22-3)16(12)20)6-7-15-19-10-14(23-15)17(21)18-2/h4,6-10,20H,1,5H2,2-3H3,(H,18,21). The summed E-state index contributed by atoms with van der Waals surface area (Å²) in [5.41, 5.74) is 1.61. The molecular weight excluding hydrogens is 312 g/mol. The van der Waals surface area contributed by atoms with Gasteiger partial charge in [-0.3, -0.25) is 4.79 Å². The van der Waals surface area contributed by atoms with Gasteiger partial charge in [-0.15, -0.1) is 17.9 Å². The Morgan fingerprint density at radius 1 is 1.48 bits per heavy atom. The fourth-order valence-electron chi connectivity index (χ4n) is 2.01. The number of rotatable bonds is 6. The zero-order valence-corrected chi connectivity index (χ0v) is 13.8. The zero-order valence-electron chi connectivity index (χ0n) is 13.0. The Balaban J connectivity index is 2.28. The van der Waals surface area contributed by atoms with Crippen molar-refractivity contribution in [2.75, 3.05) is 14.2 Å². The van der Waals surface area contributed by atoms with Gasteiger partial charge in [-0.25, -0.2) is 4.98 Å². The average Bonchev–Trinajstić information content (AvgIpc) is 3.03. The number of phenols is 1. The zero-order chi connectivity index (χ0) is 16.8. The maximum atomic E-state index is 11.5. The minimum absolute atomic E-state index is 0.126. The number of aromatic nitrogens is 1. The van der Waals surface area contributed by atoms with Gasteiger partial charge in [0.15, 0.2) is 11.5 Å². The highest BCUT2D eigenvalue weighted by molar-refractivity contribution is 7.14. The van der Waals surface area contributed by atoms with E-state index >= 15 is 0 Å². The Bertz CT molecular complexity index is 750. The van der Waals surface area contributed by atoms with Crippen LogP contribution in [-0.4, -0.2) is 30.2 Å². The number of methoxy groups -OCH3 is 1. The molecule has 0 aliphatic heterocycles. The highest BCUT2D eigenvalue weighted by Crippen LogP contribution is 2.32. The smallest absolute Gasteiger partial charge is 0.262 e. The van der Waals surface area contributed by atoms with Gasteiger partial charge >= 0.3 is 0 Å². The van der Waals surface area contributed by atoms with Crippen LogP contribution in [0.2, 0.25) is 0 Å². The molecule has 0 aliphatic rings. The number of thiazole rings is 1. The van der Waals surface area contributed by atoms with Gasteiger partial charge in [0.1, 0.15) is 9.88 Å². The molecular formula is C17H18N2O3S. The minimum atomic E-state index is -0.151. The van der Waals surface area contributed by atoms with Crippen molar-refractivity contribution < 1.29 is 14.6 Å². The molecule has 1 heterocycles. The van der Waals surface area contributed by atoms with E-state index in [-0.39, 0.29) is 11.7 Å². The molecule has 2 rings (SSSR count). The van der Waals surface area contributed by atoms with Gasteiger partial charge < -0.3 is 15.2 Å². The molecule has 0 spiro atoms. The van der Waals surface area contributed by atoms with Crippen molar-refractivity contribution in [2.45, 2.75) is 6.42 Å². The summed E-state index contributed by atoms with van der Waals surface area (Å²) < 4.78 is 5.19. The molecule has 1 aromatic carbocycles. The topological polar surface area (TPSA) is 71.5 Å². The number of ether oxygens (including phenoxy) is 1. The molecule has 2 aromatic rings. The first kappa shape index (κ1) is 16.8. The predicted molar refractivity (Wildman–Crippen MR) is 93.0 cm³/mol. The SMILES string of the molecule is C=CCc1cc(C=Cc2ncc(C(=O)NC)s2)cc(OC)c1O. The number of nitrogens with zero attached hydrogens (tertiary/aromatic N) is 1. The molecule has 0 unspecified atom stereocenters. The molecule has 1 aromatic heterocycles. The first-order valence-corrected chi connectivity index (χ1v) is 7.77. The fourth-order valence-corrected chi connectivity index (χ4v) is 2.78. The number of phenolic OH excluding ortho intramolecular Hbond substituents is 1. The van der Waals surface area contributed by atoms with E-state index < -0.39 is 0 Å². The van der Waals surface area contributed by atoms with Gasteiger partial charge in [0.25, 0.3) is 5.91 Å². The van der Waals surface area contributed by atoms with Crippen LogP contribution in [0.3, 0.4) is 0 Å². The van der Waals surface area contributed by atoms with E-state index in [9.17, 15) is 9.90 Å². The van der Waals surface area contributed by atoms with E-state index in [1.807, 2.05) is 18.2 Å². The summed E-state index contributed by atoms with van der Waals surface area (Å²) in [6.45, 7) is 3.69. The van der Waals surface area contributed by atoms with Crippen molar-refractivity contribution in [3.63, 3.8) is 0 Å². The summed E-state index contributed by atoms with van der Waals surface area (Å²) in [6, 6.07) is 3.61. The van der Waals surface area contributed by atoms with Crippen molar-refractivity contribution in [1.29, 1.82) is 0 Å². The lowest BCUT2D eigenvalue weighted by molar-refractivity contribution is 0.0967. The number of nitrogens with one attached hydrogen (secondary N) is 1. The van der Waals surface area contributed by atoms with Crippen LogP contribution in [0.25, 0.3) is 12.2 Å². The molecule has 1 amide bonds. The lowest BCUT2D eigenvalue weighted by Crippen LogP contribution is -2.16. The third-order valence-corrected chi connectivity index (χ3v) is 4.11. The predicted octanol–water partition coefficient (Wildman–Crippen LogP) is 3.12. The largest absolute Gasteiger partial charge is 0.504 e.